The van der Waals surface area contributed by atoms with E-state index in [0.29, 0.717) is 6.07 Å². The minimum absolute atomic E-state index is 0.0327. The molecule has 3 aromatic rings. The van der Waals surface area contributed by atoms with Gasteiger partial charge in [0.2, 0.25) is 0 Å². The quantitative estimate of drug-likeness (QED) is 0.702. The van der Waals surface area contributed by atoms with Crippen LogP contribution in [0.25, 0.3) is 16.9 Å². The van der Waals surface area contributed by atoms with Crippen molar-refractivity contribution in [1.82, 2.24) is 14.6 Å². The molecule has 2 aromatic heterocycles. The summed E-state index contributed by atoms with van der Waals surface area (Å²) >= 11 is 0. The smallest absolute Gasteiger partial charge is 0.295 e. The summed E-state index contributed by atoms with van der Waals surface area (Å²) in [4.78, 5) is 16.9. The summed E-state index contributed by atoms with van der Waals surface area (Å²) in [5, 5.41) is 11.7. The predicted molar refractivity (Wildman–Crippen MR) is 85.0 cm³/mol. The van der Waals surface area contributed by atoms with Crippen LogP contribution in [0.3, 0.4) is 0 Å². The van der Waals surface area contributed by atoms with Crippen LogP contribution in [0.4, 0.5) is 17.6 Å². The van der Waals surface area contributed by atoms with Crippen molar-refractivity contribution in [1.29, 1.82) is 5.26 Å². The number of rotatable bonds is 2. The highest BCUT2D eigenvalue weighted by Crippen LogP contribution is 2.34. The summed E-state index contributed by atoms with van der Waals surface area (Å²) in [6.07, 6.45) is -3.48. The van der Waals surface area contributed by atoms with E-state index >= 15 is 0 Å². The van der Waals surface area contributed by atoms with Gasteiger partial charge in [-0.15, -0.1) is 0 Å². The largest absolute Gasteiger partial charge is 0.416 e. The van der Waals surface area contributed by atoms with Crippen molar-refractivity contribution in [3.05, 3.63) is 57.3 Å². The van der Waals surface area contributed by atoms with Crippen LogP contribution in [-0.4, -0.2) is 14.6 Å². The van der Waals surface area contributed by atoms with Crippen LogP contribution in [0, 0.1) is 17.1 Å². The number of nitrogens with zero attached hydrogens (tertiary/aromatic N) is 3. The number of nitriles is 1. The molecule has 0 saturated heterocycles. The van der Waals surface area contributed by atoms with Crippen molar-refractivity contribution in [2.75, 3.05) is 0 Å². The van der Waals surface area contributed by atoms with Gasteiger partial charge in [0.1, 0.15) is 17.4 Å². The Bertz CT molecular complexity index is 1100. The summed E-state index contributed by atoms with van der Waals surface area (Å²) in [7, 11) is 0. The number of hydrogen-bond donors (Lipinski definition) is 1. The van der Waals surface area contributed by atoms with Gasteiger partial charge in [0, 0.05) is 17.3 Å². The topological polar surface area (TPSA) is 73.9 Å². The first kappa shape index (κ1) is 17.7. The molecule has 9 heteroatoms. The molecule has 1 N–H and O–H groups in total. The van der Waals surface area contributed by atoms with Gasteiger partial charge in [0.25, 0.3) is 5.56 Å². The van der Waals surface area contributed by atoms with Crippen LogP contribution in [0.15, 0.2) is 29.2 Å². The summed E-state index contributed by atoms with van der Waals surface area (Å²) < 4.78 is 53.9. The molecule has 0 atom stereocenters. The van der Waals surface area contributed by atoms with Crippen LogP contribution < -0.4 is 5.56 Å². The molecule has 0 radical (unpaired) electrons. The van der Waals surface area contributed by atoms with Gasteiger partial charge in [-0.1, -0.05) is 13.8 Å². The lowest BCUT2D eigenvalue weighted by atomic mass is 9.97. The number of hydrogen-bond acceptors (Lipinski definition) is 3. The molecule has 26 heavy (non-hydrogen) atoms. The Balaban J connectivity index is 2.41. The molecule has 2 heterocycles. The van der Waals surface area contributed by atoms with Crippen LogP contribution in [0.2, 0.25) is 0 Å². The van der Waals surface area contributed by atoms with E-state index < -0.39 is 29.0 Å². The van der Waals surface area contributed by atoms with E-state index in [1.54, 1.807) is 13.8 Å². The maximum Gasteiger partial charge on any atom is 0.416 e. The second-order valence-electron chi connectivity index (χ2n) is 6.02. The van der Waals surface area contributed by atoms with Crippen molar-refractivity contribution >= 4 is 5.65 Å². The third kappa shape index (κ3) is 2.83. The first-order chi connectivity index (χ1) is 12.1. The van der Waals surface area contributed by atoms with Crippen LogP contribution in [-0.2, 0) is 6.18 Å². The van der Waals surface area contributed by atoms with Gasteiger partial charge in [-0.3, -0.25) is 9.89 Å². The van der Waals surface area contributed by atoms with Crippen molar-refractivity contribution < 1.29 is 17.6 Å². The highest BCUT2D eigenvalue weighted by atomic mass is 19.4. The fraction of sp³-hybridized carbons (Fsp3) is 0.235. The Morgan fingerprint density at radius 1 is 1.27 bits per heavy atom. The molecular formula is C17H12F4N4O. The zero-order valence-corrected chi connectivity index (χ0v) is 13.6. The number of benzene rings is 1. The second kappa shape index (κ2) is 5.98. The van der Waals surface area contributed by atoms with Crippen molar-refractivity contribution in [2.24, 2.45) is 0 Å². The molecule has 0 bridgehead atoms. The maximum absolute atomic E-state index is 13.8. The zero-order chi connectivity index (χ0) is 19.2. The molecule has 134 valence electrons. The van der Waals surface area contributed by atoms with E-state index in [2.05, 4.69) is 10.1 Å². The van der Waals surface area contributed by atoms with Gasteiger partial charge in [0.05, 0.1) is 11.3 Å². The second-order valence-corrected chi connectivity index (χ2v) is 6.02. The Morgan fingerprint density at radius 2 is 1.96 bits per heavy atom. The third-order valence-electron chi connectivity index (χ3n) is 3.89. The normalized spacial score (nSPS) is 11.9. The van der Waals surface area contributed by atoms with Crippen LogP contribution in [0.1, 0.15) is 36.5 Å². The SMILES string of the molecule is CC(C)c1c(-c2cc(F)cc(C(F)(F)F)c2)nc2c(C#N)c[nH]n2c1=O. The Kier molecular flexibility index (Phi) is 4.06. The lowest BCUT2D eigenvalue weighted by Crippen LogP contribution is -2.22. The van der Waals surface area contributed by atoms with Gasteiger partial charge < -0.3 is 0 Å². The average molecular weight is 364 g/mol. The number of aromatic amines is 1. The maximum atomic E-state index is 13.8. The van der Waals surface area contributed by atoms with Crippen molar-refractivity contribution in [3.63, 3.8) is 0 Å². The summed E-state index contributed by atoms with van der Waals surface area (Å²) in [6.45, 7) is 3.35. The molecular weight excluding hydrogens is 352 g/mol. The number of alkyl halides is 3. The minimum Gasteiger partial charge on any atom is -0.295 e. The minimum atomic E-state index is -4.75. The molecule has 0 aliphatic rings. The molecule has 0 amide bonds. The van der Waals surface area contributed by atoms with E-state index in [9.17, 15) is 22.4 Å². The Morgan fingerprint density at radius 3 is 2.54 bits per heavy atom. The highest BCUT2D eigenvalue weighted by molar-refractivity contribution is 5.69. The van der Waals surface area contributed by atoms with Crippen LogP contribution >= 0.6 is 0 Å². The molecule has 0 fully saturated rings. The van der Waals surface area contributed by atoms with Crippen molar-refractivity contribution in [3.8, 4) is 17.3 Å². The first-order valence-electron chi connectivity index (χ1n) is 7.55. The average Bonchev–Trinajstić information content (AvgIpc) is 2.96. The standard InChI is InChI=1S/C17H12F4N4O/c1-8(2)13-14(9-3-11(17(19,20)21)5-12(18)4-9)24-15-10(6-22)7-23-25(15)16(13)26/h3-5,7-8,23H,1-2H3. The monoisotopic (exact) mass is 364 g/mol. The van der Waals surface area contributed by atoms with Gasteiger partial charge in [-0.05, 0) is 24.1 Å². The fourth-order valence-corrected chi connectivity index (χ4v) is 2.74. The number of H-pyrrole nitrogens is 1. The summed E-state index contributed by atoms with van der Waals surface area (Å²) in [5.41, 5.74) is -1.86. The van der Waals surface area contributed by atoms with E-state index in [4.69, 9.17) is 5.26 Å². The zero-order valence-electron chi connectivity index (χ0n) is 13.6. The van der Waals surface area contributed by atoms with E-state index in [1.807, 2.05) is 6.07 Å². The third-order valence-corrected chi connectivity index (χ3v) is 3.89. The van der Waals surface area contributed by atoms with E-state index in [-0.39, 0.29) is 28.0 Å². The molecule has 0 aliphatic heterocycles. The Hall–Kier alpha value is -3.15. The number of aromatic nitrogens is 3. The first-order valence-corrected chi connectivity index (χ1v) is 7.55. The molecule has 3 rings (SSSR count). The lowest BCUT2D eigenvalue weighted by Gasteiger charge is -2.14. The summed E-state index contributed by atoms with van der Waals surface area (Å²) in [5.74, 6) is -1.49. The van der Waals surface area contributed by atoms with Crippen LogP contribution in [0.5, 0.6) is 0 Å². The fourth-order valence-electron chi connectivity index (χ4n) is 2.74. The molecule has 0 unspecified atom stereocenters. The number of halogens is 4. The molecule has 1 aromatic carbocycles. The molecule has 5 nitrogen and oxygen atoms in total. The van der Waals surface area contributed by atoms with E-state index in [1.165, 1.54) is 6.20 Å². The van der Waals surface area contributed by atoms with Gasteiger partial charge >= 0.3 is 6.18 Å². The molecule has 0 aliphatic carbocycles. The van der Waals surface area contributed by atoms with Crippen molar-refractivity contribution in [2.45, 2.75) is 25.9 Å². The Labute approximate surface area is 144 Å². The van der Waals surface area contributed by atoms with Gasteiger partial charge in [0.15, 0.2) is 5.65 Å². The lowest BCUT2D eigenvalue weighted by molar-refractivity contribution is -0.137. The number of fused-ring (bicyclic) bond motifs is 1. The van der Waals surface area contributed by atoms with Gasteiger partial charge in [-0.25, -0.2) is 13.9 Å². The van der Waals surface area contributed by atoms with Gasteiger partial charge in [-0.2, -0.15) is 18.4 Å². The number of nitrogens with one attached hydrogen (secondary N) is 1. The molecule has 0 spiro atoms. The summed E-state index contributed by atoms with van der Waals surface area (Å²) in [6, 6.07) is 3.85. The van der Waals surface area contributed by atoms with E-state index in [0.717, 1.165) is 16.6 Å². The highest BCUT2D eigenvalue weighted by Gasteiger charge is 2.32. The molecule has 0 saturated carbocycles. The predicted octanol–water partition coefficient (Wildman–Crippen LogP) is 3.84.